The summed E-state index contributed by atoms with van der Waals surface area (Å²) in [6.07, 6.45) is -0.532. The van der Waals surface area contributed by atoms with E-state index in [-0.39, 0.29) is 11.3 Å². The van der Waals surface area contributed by atoms with Gasteiger partial charge in [-0.3, -0.25) is 4.79 Å². The third-order valence-electron chi connectivity index (χ3n) is 5.21. The number of ether oxygens (including phenoxy) is 1. The highest BCUT2D eigenvalue weighted by Crippen LogP contribution is 2.62. The first kappa shape index (κ1) is 18.1. The Morgan fingerprint density at radius 1 is 1.09 bits per heavy atom. The van der Waals surface area contributed by atoms with E-state index in [0.29, 0.717) is 17.3 Å². The quantitative estimate of drug-likeness (QED) is 0.849. The van der Waals surface area contributed by atoms with Crippen molar-refractivity contribution in [1.29, 1.82) is 0 Å². The number of rotatable bonds is 2. The number of nitrogens with zero attached hydrogens (tertiary/aromatic N) is 1. The van der Waals surface area contributed by atoms with E-state index in [1.165, 1.54) is 0 Å². The summed E-state index contributed by atoms with van der Waals surface area (Å²) in [4.78, 5) is 26.9. The normalized spacial score (nSPS) is 27.2. The van der Waals surface area contributed by atoms with Gasteiger partial charge in [-0.25, -0.2) is 4.79 Å². The molecule has 1 saturated heterocycles. The Labute approximate surface area is 140 Å². The van der Waals surface area contributed by atoms with E-state index in [0.717, 1.165) is 13.1 Å². The number of piperidine rings is 1. The summed E-state index contributed by atoms with van der Waals surface area (Å²) >= 11 is 0. The van der Waals surface area contributed by atoms with Gasteiger partial charge in [0.1, 0.15) is 11.6 Å². The molecule has 3 unspecified atom stereocenters. The standard InChI is InChI=1S/C18H32N2O3/c1-16(2,3)13(19-15(22)23-17(4,5)6)14(21)20-9-11-12(10-20)18(11,7)8/h11-13H,9-10H2,1-8H3,(H,19,22). The van der Waals surface area contributed by atoms with Crippen molar-refractivity contribution in [2.45, 2.75) is 67.0 Å². The molecule has 1 aliphatic carbocycles. The zero-order valence-electron chi connectivity index (χ0n) is 15.8. The van der Waals surface area contributed by atoms with Crippen LogP contribution in [0.15, 0.2) is 0 Å². The number of amides is 2. The average molecular weight is 324 g/mol. The molecule has 0 radical (unpaired) electrons. The molecule has 5 nitrogen and oxygen atoms in total. The second kappa shape index (κ2) is 5.38. The van der Waals surface area contributed by atoms with Gasteiger partial charge in [-0.15, -0.1) is 0 Å². The molecule has 1 saturated carbocycles. The molecule has 0 aromatic carbocycles. The molecule has 1 heterocycles. The second-order valence-corrected chi connectivity index (χ2v) is 9.72. The van der Waals surface area contributed by atoms with Crippen molar-refractivity contribution < 1.29 is 14.3 Å². The van der Waals surface area contributed by atoms with Crippen LogP contribution in [0.4, 0.5) is 4.79 Å². The minimum Gasteiger partial charge on any atom is -0.444 e. The molecule has 2 amide bonds. The molecular weight excluding hydrogens is 292 g/mol. The Kier molecular flexibility index (Phi) is 4.23. The second-order valence-electron chi connectivity index (χ2n) is 9.72. The van der Waals surface area contributed by atoms with Crippen LogP contribution in [-0.2, 0) is 9.53 Å². The number of carbonyl (C=O) groups excluding carboxylic acids is 2. The highest BCUT2D eigenvalue weighted by atomic mass is 16.6. The molecule has 2 fully saturated rings. The van der Waals surface area contributed by atoms with E-state index in [9.17, 15) is 9.59 Å². The van der Waals surface area contributed by atoms with Gasteiger partial charge in [0.25, 0.3) is 0 Å². The first-order valence-electron chi connectivity index (χ1n) is 8.52. The van der Waals surface area contributed by atoms with E-state index in [1.54, 1.807) is 0 Å². The summed E-state index contributed by atoms with van der Waals surface area (Å²) < 4.78 is 5.32. The van der Waals surface area contributed by atoms with E-state index < -0.39 is 17.7 Å². The van der Waals surface area contributed by atoms with E-state index in [2.05, 4.69) is 19.2 Å². The summed E-state index contributed by atoms with van der Waals surface area (Å²) in [6.45, 7) is 17.5. The topological polar surface area (TPSA) is 58.6 Å². The van der Waals surface area contributed by atoms with Crippen LogP contribution in [0.25, 0.3) is 0 Å². The molecule has 2 rings (SSSR count). The molecule has 0 aromatic heterocycles. The number of hydrogen-bond donors (Lipinski definition) is 1. The maximum Gasteiger partial charge on any atom is 0.408 e. The Balaban J connectivity index is 2.02. The molecule has 3 atom stereocenters. The summed E-state index contributed by atoms with van der Waals surface area (Å²) in [5.41, 5.74) is -0.572. The molecule has 0 aromatic rings. The zero-order chi connectivity index (χ0) is 17.8. The van der Waals surface area contributed by atoms with Crippen LogP contribution in [0.2, 0.25) is 0 Å². The Hall–Kier alpha value is -1.26. The van der Waals surface area contributed by atoms with E-state index in [4.69, 9.17) is 4.74 Å². The number of nitrogens with one attached hydrogen (secondary N) is 1. The van der Waals surface area contributed by atoms with Crippen LogP contribution in [0, 0.1) is 22.7 Å². The monoisotopic (exact) mass is 324 g/mol. The van der Waals surface area contributed by atoms with Gasteiger partial charge in [0.15, 0.2) is 0 Å². The molecule has 1 aliphatic heterocycles. The number of hydrogen-bond acceptors (Lipinski definition) is 3. The number of fused-ring (bicyclic) bond motifs is 1. The van der Waals surface area contributed by atoms with Crippen LogP contribution in [0.3, 0.4) is 0 Å². The van der Waals surface area contributed by atoms with Crippen molar-refractivity contribution in [3.63, 3.8) is 0 Å². The molecule has 2 aliphatic rings. The molecular formula is C18H32N2O3. The van der Waals surface area contributed by atoms with Gasteiger partial charge in [-0.2, -0.15) is 0 Å². The van der Waals surface area contributed by atoms with Crippen LogP contribution < -0.4 is 5.32 Å². The van der Waals surface area contributed by atoms with Crippen molar-refractivity contribution in [2.75, 3.05) is 13.1 Å². The van der Waals surface area contributed by atoms with Crippen molar-refractivity contribution >= 4 is 12.0 Å². The lowest BCUT2D eigenvalue weighted by Crippen LogP contribution is -2.55. The minimum absolute atomic E-state index is 0.00589. The summed E-state index contributed by atoms with van der Waals surface area (Å²) in [6, 6.07) is -0.571. The third kappa shape index (κ3) is 3.81. The lowest BCUT2D eigenvalue weighted by atomic mass is 9.85. The van der Waals surface area contributed by atoms with Crippen LogP contribution in [0.1, 0.15) is 55.4 Å². The molecule has 1 N–H and O–H groups in total. The van der Waals surface area contributed by atoms with Crippen molar-refractivity contribution in [2.24, 2.45) is 22.7 Å². The minimum atomic E-state index is -0.575. The molecule has 0 spiro atoms. The van der Waals surface area contributed by atoms with Crippen molar-refractivity contribution in [1.82, 2.24) is 10.2 Å². The van der Waals surface area contributed by atoms with Gasteiger partial charge in [0, 0.05) is 13.1 Å². The first-order chi connectivity index (χ1) is 10.2. The molecule has 0 bridgehead atoms. The van der Waals surface area contributed by atoms with Crippen LogP contribution in [-0.4, -0.2) is 41.6 Å². The average Bonchev–Trinajstić information content (AvgIpc) is 2.75. The van der Waals surface area contributed by atoms with Crippen molar-refractivity contribution in [3.05, 3.63) is 0 Å². The number of alkyl carbamates (subject to hydrolysis) is 1. The summed E-state index contributed by atoms with van der Waals surface area (Å²) in [5.74, 6) is 1.22. The maximum atomic E-state index is 12.9. The lowest BCUT2D eigenvalue weighted by Gasteiger charge is -2.35. The summed E-state index contributed by atoms with van der Waals surface area (Å²) in [5, 5.41) is 2.79. The number of likely N-dealkylation sites (tertiary alicyclic amines) is 1. The fourth-order valence-electron chi connectivity index (χ4n) is 3.57. The fraction of sp³-hybridized carbons (Fsp3) is 0.889. The Morgan fingerprint density at radius 2 is 1.57 bits per heavy atom. The lowest BCUT2D eigenvalue weighted by molar-refractivity contribution is -0.136. The highest BCUT2D eigenvalue weighted by molar-refractivity contribution is 5.87. The Bertz CT molecular complexity index is 485. The third-order valence-corrected chi connectivity index (χ3v) is 5.21. The van der Waals surface area contributed by atoms with Crippen LogP contribution in [0.5, 0.6) is 0 Å². The van der Waals surface area contributed by atoms with Crippen molar-refractivity contribution in [3.8, 4) is 0 Å². The van der Waals surface area contributed by atoms with Crippen LogP contribution >= 0.6 is 0 Å². The number of carbonyl (C=O) groups is 2. The summed E-state index contributed by atoms with van der Waals surface area (Å²) in [7, 11) is 0. The van der Waals surface area contributed by atoms with Gasteiger partial charge in [-0.05, 0) is 43.4 Å². The van der Waals surface area contributed by atoms with E-state index >= 15 is 0 Å². The Morgan fingerprint density at radius 3 is 1.96 bits per heavy atom. The van der Waals surface area contributed by atoms with Gasteiger partial charge in [0.05, 0.1) is 0 Å². The van der Waals surface area contributed by atoms with Gasteiger partial charge >= 0.3 is 6.09 Å². The predicted molar refractivity (Wildman–Crippen MR) is 90.0 cm³/mol. The largest absolute Gasteiger partial charge is 0.444 e. The smallest absolute Gasteiger partial charge is 0.408 e. The van der Waals surface area contributed by atoms with E-state index in [1.807, 2.05) is 46.4 Å². The van der Waals surface area contributed by atoms with Gasteiger partial charge < -0.3 is 15.0 Å². The highest BCUT2D eigenvalue weighted by Gasteiger charge is 2.63. The molecule has 23 heavy (non-hydrogen) atoms. The predicted octanol–water partition coefficient (Wildman–Crippen LogP) is 3.04. The zero-order valence-corrected chi connectivity index (χ0v) is 15.8. The first-order valence-corrected chi connectivity index (χ1v) is 8.52. The fourth-order valence-corrected chi connectivity index (χ4v) is 3.57. The maximum absolute atomic E-state index is 12.9. The molecule has 5 heteroatoms. The molecule has 132 valence electrons. The SMILES string of the molecule is CC(C)(C)OC(=O)NC(C(=O)N1CC2C(C1)C2(C)C)C(C)(C)C. The van der Waals surface area contributed by atoms with Gasteiger partial charge in [-0.1, -0.05) is 34.6 Å². The van der Waals surface area contributed by atoms with Gasteiger partial charge in [0.2, 0.25) is 5.91 Å².